The maximum absolute atomic E-state index is 13.2. The van der Waals surface area contributed by atoms with Crippen molar-refractivity contribution in [2.24, 2.45) is 4.99 Å². The number of carbonyl (C=O) groups excluding carboxylic acids is 1. The van der Waals surface area contributed by atoms with Crippen molar-refractivity contribution in [3.05, 3.63) is 87.2 Å². The summed E-state index contributed by atoms with van der Waals surface area (Å²) in [5, 5.41) is 0.588. The van der Waals surface area contributed by atoms with Crippen LogP contribution >= 0.6 is 22.9 Å². The number of terminal acetylenes is 1. The van der Waals surface area contributed by atoms with Crippen LogP contribution in [0.3, 0.4) is 0 Å². The molecule has 1 N–H and O–H groups in total. The van der Waals surface area contributed by atoms with E-state index in [2.05, 4.69) is 15.6 Å². The summed E-state index contributed by atoms with van der Waals surface area (Å²) in [5.41, 5.74) is 2.85. The molecule has 172 valence electrons. The van der Waals surface area contributed by atoms with Gasteiger partial charge in [-0.05, 0) is 55.8 Å². The Hall–Kier alpha value is -3.38. The second-order valence-corrected chi connectivity index (χ2v) is 10.7. The molecule has 0 aliphatic carbocycles. The molecule has 1 heterocycles. The molecule has 0 saturated carbocycles. The summed E-state index contributed by atoms with van der Waals surface area (Å²) in [6.45, 7) is 3.95. The van der Waals surface area contributed by atoms with E-state index < -0.39 is 15.9 Å². The number of halogens is 1. The number of sulfonamides is 1. The second kappa shape index (κ2) is 9.47. The molecule has 0 fully saturated rings. The molecule has 0 radical (unpaired) electrons. The third-order valence-corrected chi connectivity index (χ3v) is 8.04. The maximum atomic E-state index is 13.2. The summed E-state index contributed by atoms with van der Waals surface area (Å²) in [7, 11) is -3.89. The lowest BCUT2D eigenvalue weighted by molar-refractivity contribution is 0.0998. The van der Waals surface area contributed by atoms with Gasteiger partial charge in [0.15, 0.2) is 4.80 Å². The SMILES string of the molecule is C#CCn1c(=NC(=O)c2ccccc2NS(=O)(=O)c2ccc(C)cc2)sc2ccc(Cl)c(C)c21. The minimum absolute atomic E-state index is 0.0982. The Balaban J connectivity index is 1.78. The Bertz CT molecular complexity index is 1630. The topological polar surface area (TPSA) is 80.5 Å². The number of benzene rings is 3. The number of thiazole rings is 1. The highest BCUT2D eigenvalue weighted by molar-refractivity contribution is 7.92. The van der Waals surface area contributed by atoms with Gasteiger partial charge in [-0.15, -0.1) is 6.42 Å². The highest BCUT2D eigenvalue weighted by atomic mass is 35.5. The van der Waals surface area contributed by atoms with Crippen LogP contribution in [0.4, 0.5) is 5.69 Å². The van der Waals surface area contributed by atoms with E-state index >= 15 is 0 Å². The van der Waals surface area contributed by atoms with Gasteiger partial charge in [0.1, 0.15) is 0 Å². The average molecular weight is 510 g/mol. The summed E-state index contributed by atoms with van der Waals surface area (Å²) >= 11 is 7.60. The van der Waals surface area contributed by atoms with Crippen LogP contribution in [0, 0.1) is 26.2 Å². The van der Waals surface area contributed by atoms with E-state index in [1.165, 1.54) is 35.6 Å². The van der Waals surface area contributed by atoms with Gasteiger partial charge in [-0.1, -0.05) is 58.7 Å². The van der Waals surface area contributed by atoms with Gasteiger partial charge in [-0.3, -0.25) is 9.52 Å². The summed E-state index contributed by atoms with van der Waals surface area (Å²) < 4.78 is 30.9. The van der Waals surface area contributed by atoms with Gasteiger partial charge < -0.3 is 4.57 Å². The smallest absolute Gasteiger partial charge is 0.281 e. The molecular formula is C25H20ClN3O3S2. The lowest BCUT2D eigenvalue weighted by Gasteiger charge is -2.11. The number of hydrogen-bond acceptors (Lipinski definition) is 4. The molecule has 3 aromatic carbocycles. The van der Waals surface area contributed by atoms with E-state index in [1.807, 2.05) is 19.9 Å². The van der Waals surface area contributed by atoms with Crippen molar-refractivity contribution in [2.45, 2.75) is 25.3 Å². The highest BCUT2D eigenvalue weighted by Gasteiger charge is 2.19. The molecule has 1 amide bonds. The molecule has 4 rings (SSSR count). The van der Waals surface area contributed by atoms with Crippen LogP contribution in [0.1, 0.15) is 21.5 Å². The predicted molar refractivity (Wildman–Crippen MR) is 137 cm³/mol. The Kier molecular flexibility index (Phi) is 6.62. The summed E-state index contributed by atoms with van der Waals surface area (Å²) in [5.74, 6) is 2.00. The minimum Gasteiger partial charge on any atom is -0.304 e. The Morgan fingerprint density at radius 1 is 1.12 bits per heavy atom. The number of rotatable bonds is 5. The van der Waals surface area contributed by atoms with Crippen LogP contribution in [0.5, 0.6) is 0 Å². The molecule has 34 heavy (non-hydrogen) atoms. The molecule has 0 aliphatic heterocycles. The van der Waals surface area contributed by atoms with Crippen molar-refractivity contribution in [1.29, 1.82) is 0 Å². The molecule has 0 bridgehead atoms. The van der Waals surface area contributed by atoms with Crippen molar-refractivity contribution in [1.82, 2.24) is 4.57 Å². The lowest BCUT2D eigenvalue weighted by Crippen LogP contribution is -2.18. The molecule has 0 atom stereocenters. The van der Waals surface area contributed by atoms with Crippen LogP contribution in [0.2, 0.25) is 5.02 Å². The molecule has 4 aromatic rings. The molecule has 0 unspecified atom stereocenters. The Morgan fingerprint density at radius 2 is 1.82 bits per heavy atom. The number of aromatic nitrogens is 1. The van der Waals surface area contributed by atoms with Crippen LogP contribution in [0.15, 0.2) is 70.6 Å². The summed E-state index contributed by atoms with van der Waals surface area (Å²) in [6.07, 6.45) is 5.57. The average Bonchev–Trinajstić information content (AvgIpc) is 3.14. The molecule has 1 aromatic heterocycles. The van der Waals surface area contributed by atoms with E-state index in [0.29, 0.717) is 9.82 Å². The number of amides is 1. The number of nitrogens with one attached hydrogen (secondary N) is 1. The monoisotopic (exact) mass is 509 g/mol. The van der Waals surface area contributed by atoms with Crippen molar-refractivity contribution < 1.29 is 13.2 Å². The van der Waals surface area contributed by atoms with Crippen molar-refractivity contribution >= 4 is 54.8 Å². The third-order valence-electron chi connectivity index (χ3n) is 5.21. The van der Waals surface area contributed by atoms with Gasteiger partial charge in [0.2, 0.25) is 0 Å². The Labute approximate surface area is 206 Å². The van der Waals surface area contributed by atoms with Gasteiger partial charge in [0.25, 0.3) is 15.9 Å². The third kappa shape index (κ3) is 4.64. The zero-order valence-corrected chi connectivity index (χ0v) is 20.8. The largest absolute Gasteiger partial charge is 0.304 e. The highest BCUT2D eigenvalue weighted by Crippen LogP contribution is 2.27. The molecule has 0 saturated heterocycles. The zero-order chi connectivity index (χ0) is 24.5. The predicted octanol–water partition coefficient (Wildman–Crippen LogP) is 5.15. The summed E-state index contributed by atoms with van der Waals surface area (Å²) in [6, 6.07) is 16.4. The number of para-hydroxylation sites is 1. The number of aryl methyl sites for hydroxylation is 2. The van der Waals surface area contributed by atoms with E-state index in [1.54, 1.807) is 34.9 Å². The lowest BCUT2D eigenvalue weighted by atomic mass is 10.2. The molecule has 6 nitrogen and oxygen atoms in total. The van der Waals surface area contributed by atoms with E-state index in [-0.39, 0.29) is 22.7 Å². The van der Waals surface area contributed by atoms with Crippen LogP contribution in [0.25, 0.3) is 10.2 Å². The van der Waals surface area contributed by atoms with Gasteiger partial charge in [-0.25, -0.2) is 8.42 Å². The number of hydrogen-bond donors (Lipinski definition) is 1. The fraction of sp³-hybridized carbons (Fsp3) is 0.120. The van der Waals surface area contributed by atoms with Gasteiger partial charge >= 0.3 is 0 Å². The first-order valence-electron chi connectivity index (χ1n) is 10.2. The van der Waals surface area contributed by atoms with Crippen LogP contribution < -0.4 is 9.52 Å². The molecule has 0 aliphatic rings. The molecule has 0 spiro atoms. The van der Waals surface area contributed by atoms with Gasteiger partial charge in [0.05, 0.1) is 32.9 Å². The fourth-order valence-electron chi connectivity index (χ4n) is 3.47. The normalized spacial score (nSPS) is 12.0. The number of nitrogens with zero attached hydrogens (tertiary/aromatic N) is 2. The maximum Gasteiger partial charge on any atom is 0.281 e. The number of carbonyl (C=O) groups is 1. The van der Waals surface area contributed by atoms with Crippen molar-refractivity contribution in [3.63, 3.8) is 0 Å². The first-order chi connectivity index (χ1) is 16.2. The first kappa shape index (κ1) is 23.8. The van der Waals surface area contributed by atoms with E-state index in [9.17, 15) is 13.2 Å². The van der Waals surface area contributed by atoms with Crippen molar-refractivity contribution in [2.75, 3.05) is 4.72 Å². The second-order valence-electron chi connectivity index (χ2n) is 7.58. The molecule has 9 heteroatoms. The van der Waals surface area contributed by atoms with Crippen LogP contribution in [-0.2, 0) is 16.6 Å². The summed E-state index contributed by atoms with van der Waals surface area (Å²) in [4.78, 5) is 18.0. The number of fused-ring (bicyclic) bond motifs is 1. The van der Waals surface area contributed by atoms with E-state index in [4.69, 9.17) is 18.0 Å². The fourth-order valence-corrected chi connectivity index (χ4v) is 5.79. The van der Waals surface area contributed by atoms with Crippen molar-refractivity contribution in [3.8, 4) is 12.3 Å². The zero-order valence-electron chi connectivity index (χ0n) is 18.4. The molecular weight excluding hydrogens is 490 g/mol. The quantitative estimate of drug-likeness (QED) is 0.378. The van der Waals surface area contributed by atoms with Gasteiger partial charge in [-0.2, -0.15) is 4.99 Å². The van der Waals surface area contributed by atoms with Crippen LogP contribution in [-0.4, -0.2) is 18.9 Å². The first-order valence-corrected chi connectivity index (χ1v) is 12.9. The van der Waals surface area contributed by atoms with E-state index in [0.717, 1.165) is 21.3 Å². The van der Waals surface area contributed by atoms with Gasteiger partial charge in [0, 0.05) is 5.02 Å². The standard InChI is InChI=1S/C25H20ClN3O3S2/c1-4-15-29-23-17(3)20(26)13-14-22(23)33-25(29)27-24(30)19-7-5-6-8-21(19)28-34(31,32)18-11-9-16(2)10-12-18/h1,5-14,28H,15H2,2-3H3. The Morgan fingerprint density at radius 3 is 2.53 bits per heavy atom. The number of anilines is 1. The minimum atomic E-state index is -3.89.